The van der Waals surface area contributed by atoms with Crippen LogP contribution in [0.2, 0.25) is 0 Å². The molecule has 2 aromatic carbocycles. The fourth-order valence-electron chi connectivity index (χ4n) is 1.88. The number of aldehydes is 1. The van der Waals surface area contributed by atoms with Crippen LogP contribution in [0.1, 0.15) is 10.4 Å². The second kappa shape index (κ2) is 5.38. The zero-order valence-corrected chi connectivity index (χ0v) is 11.1. The first-order valence-corrected chi connectivity index (χ1v) is 6.72. The summed E-state index contributed by atoms with van der Waals surface area (Å²) in [5, 5.41) is 1.46. The van der Waals surface area contributed by atoms with Gasteiger partial charge in [0.15, 0.2) is 6.29 Å². The van der Waals surface area contributed by atoms with Gasteiger partial charge in [0, 0.05) is 10.9 Å². The smallest absolute Gasteiger partial charge is 0.151 e. The third-order valence-corrected chi connectivity index (χ3v) is 3.98. The van der Waals surface area contributed by atoms with Crippen LogP contribution in [0.15, 0.2) is 58.7 Å². The van der Waals surface area contributed by atoms with E-state index in [2.05, 4.69) is 9.97 Å². The van der Waals surface area contributed by atoms with Crippen molar-refractivity contribution in [3.05, 3.63) is 60.2 Å². The van der Waals surface area contributed by atoms with Gasteiger partial charge >= 0.3 is 0 Å². The van der Waals surface area contributed by atoms with Crippen molar-refractivity contribution in [1.82, 2.24) is 9.97 Å². The number of hydrogen-bond acceptors (Lipinski definition) is 4. The van der Waals surface area contributed by atoms with Gasteiger partial charge in [-0.1, -0.05) is 42.1 Å². The summed E-state index contributed by atoms with van der Waals surface area (Å²) in [6, 6.07) is 11.9. The molecule has 0 fully saturated rings. The van der Waals surface area contributed by atoms with Crippen molar-refractivity contribution < 1.29 is 9.18 Å². The third kappa shape index (κ3) is 2.28. The highest BCUT2D eigenvalue weighted by atomic mass is 32.2. The molecule has 0 amide bonds. The summed E-state index contributed by atoms with van der Waals surface area (Å²) in [7, 11) is 0. The van der Waals surface area contributed by atoms with Gasteiger partial charge in [-0.3, -0.25) is 4.79 Å². The highest BCUT2D eigenvalue weighted by Gasteiger charge is 2.12. The number of nitrogens with zero attached hydrogens (tertiary/aromatic N) is 2. The summed E-state index contributed by atoms with van der Waals surface area (Å²) in [4.78, 5) is 19.7. The van der Waals surface area contributed by atoms with E-state index in [0.29, 0.717) is 16.9 Å². The normalized spacial score (nSPS) is 10.7. The highest BCUT2D eigenvalue weighted by Crippen LogP contribution is 2.34. The largest absolute Gasteiger partial charge is 0.298 e. The Morgan fingerprint density at radius 1 is 1.05 bits per heavy atom. The zero-order valence-electron chi connectivity index (χ0n) is 10.3. The first-order chi connectivity index (χ1) is 9.79. The first-order valence-electron chi connectivity index (χ1n) is 5.91. The average molecular weight is 284 g/mol. The van der Waals surface area contributed by atoms with Gasteiger partial charge in [0.1, 0.15) is 17.2 Å². The molecule has 0 saturated carbocycles. The van der Waals surface area contributed by atoms with Crippen molar-refractivity contribution in [2.24, 2.45) is 0 Å². The zero-order chi connectivity index (χ0) is 13.9. The van der Waals surface area contributed by atoms with Gasteiger partial charge in [-0.05, 0) is 12.1 Å². The van der Waals surface area contributed by atoms with E-state index in [1.165, 1.54) is 18.5 Å². The molecule has 98 valence electrons. The summed E-state index contributed by atoms with van der Waals surface area (Å²) >= 11 is 1.14. The van der Waals surface area contributed by atoms with E-state index < -0.39 is 5.82 Å². The minimum absolute atomic E-state index is 0.284. The molecule has 0 atom stereocenters. The summed E-state index contributed by atoms with van der Waals surface area (Å²) in [6.45, 7) is 0. The maximum atomic E-state index is 13.9. The van der Waals surface area contributed by atoms with Gasteiger partial charge in [0.25, 0.3) is 0 Å². The number of fused-ring (bicyclic) bond motifs is 1. The Hall–Kier alpha value is -2.27. The number of carbonyl (C=O) groups excluding carboxylic acids is 1. The molecule has 0 bridgehead atoms. The SMILES string of the molecule is O=Cc1cccc(F)c1Sc1ncnc2ccccc12. The van der Waals surface area contributed by atoms with Crippen LogP contribution in [-0.4, -0.2) is 16.3 Å². The quantitative estimate of drug-likeness (QED) is 0.543. The number of aromatic nitrogens is 2. The van der Waals surface area contributed by atoms with Crippen LogP contribution in [0.4, 0.5) is 4.39 Å². The van der Waals surface area contributed by atoms with Crippen LogP contribution >= 0.6 is 11.8 Å². The molecule has 1 heterocycles. The van der Waals surface area contributed by atoms with Crippen LogP contribution in [0.5, 0.6) is 0 Å². The maximum absolute atomic E-state index is 13.9. The molecule has 0 unspecified atom stereocenters. The van der Waals surface area contributed by atoms with Crippen molar-refractivity contribution >= 4 is 29.0 Å². The van der Waals surface area contributed by atoms with E-state index in [4.69, 9.17) is 0 Å². The van der Waals surface area contributed by atoms with E-state index in [-0.39, 0.29) is 4.90 Å². The number of halogens is 1. The van der Waals surface area contributed by atoms with Crippen molar-refractivity contribution in [3.8, 4) is 0 Å². The number of para-hydroxylation sites is 1. The van der Waals surface area contributed by atoms with Crippen LogP contribution in [0.3, 0.4) is 0 Å². The van der Waals surface area contributed by atoms with Crippen LogP contribution < -0.4 is 0 Å². The number of hydrogen-bond donors (Lipinski definition) is 0. The lowest BCUT2D eigenvalue weighted by Crippen LogP contribution is -1.92. The predicted molar refractivity (Wildman–Crippen MR) is 75.4 cm³/mol. The van der Waals surface area contributed by atoms with Gasteiger partial charge < -0.3 is 0 Å². The molecule has 5 heteroatoms. The minimum Gasteiger partial charge on any atom is -0.298 e. The minimum atomic E-state index is -0.428. The van der Waals surface area contributed by atoms with E-state index >= 15 is 0 Å². The van der Waals surface area contributed by atoms with Crippen LogP contribution in [-0.2, 0) is 0 Å². The van der Waals surface area contributed by atoms with E-state index in [0.717, 1.165) is 22.7 Å². The maximum Gasteiger partial charge on any atom is 0.151 e. The van der Waals surface area contributed by atoms with E-state index in [1.807, 2.05) is 24.3 Å². The summed E-state index contributed by atoms with van der Waals surface area (Å²) in [5.74, 6) is -0.428. The molecule has 0 N–H and O–H groups in total. The number of benzene rings is 2. The third-order valence-electron chi connectivity index (χ3n) is 2.83. The predicted octanol–water partition coefficient (Wildman–Crippen LogP) is 3.73. The van der Waals surface area contributed by atoms with Gasteiger partial charge in [0.05, 0.1) is 10.4 Å². The standard InChI is InChI=1S/C15H9FN2OS/c16-12-6-3-4-10(8-19)14(12)20-15-11-5-1-2-7-13(11)17-9-18-15/h1-9H. The van der Waals surface area contributed by atoms with Gasteiger partial charge in [-0.2, -0.15) is 0 Å². The Bertz CT molecular complexity index is 786. The summed E-state index contributed by atoms with van der Waals surface area (Å²) in [5.41, 5.74) is 1.10. The van der Waals surface area contributed by atoms with Crippen LogP contribution in [0.25, 0.3) is 10.9 Å². The molecule has 0 spiro atoms. The second-order valence-electron chi connectivity index (χ2n) is 4.07. The number of carbonyl (C=O) groups is 1. The lowest BCUT2D eigenvalue weighted by Gasteiger charge is -2.07. The molecule has 3 aromatic rings. The summed E-state index contributed by atoms with van der Waals surface area (Å²) in [6.07, 6.45) is 2.08. The Kier molecular flexibility index (Phi) is 3.43. The Morgan fingerprint density at radius 2 is 1.90 bits per heavy atom. The average Bonchev–Trinajstić information content (AvgIpc) is 2.49. The van der Waals surface area contributed by atoms with Crippen molar-refractivity contribution in [3.63, 3.8) is 0 Å². The van der Waals surface area contributed by atoms with Crippen LogP contribution in [0, 0.1) is 5.82 Å². The van der Waals surface area contributed by atoms with Gasteiger partial charge in [-0.15, -0.1) is 0 Å². The molecule has 3 nitrogen and oxygen atoms in total. The fraction of sp³-hybridized carbons (Fsp3) is 0. The first kappa shape index (κ1) is 12.7. The Balaban J connectivity index is 2.13. The lowest BCUT2D eigenvalue weighted by molar-refractivity contribution is 0.112. The number of rotatable bonds is 3. The monoisotopic (exact) mass is 284 g/mol. The highest BCUT2D eigenvalue weighted by molar-refractivity contribution is 7.99. The molecule has 0 aliphatic heterocycles. The molecule has 3 rings (SSSR count). The Labute approximate surface area is 118 Å². The topological polar surface area (TPSA) is 42.9 Å². The van der Waals surface area contributed by atoms with Crippen molar-refractivity contribution in [2.75, 3.05) is 0 Å². The molecular weight excluding hydrogens is 275 g/mol. The molecule has 1 aromatic heterocycles. The molecule has 0 aliphatic carbocycles. The molecule has 0 radical (unpaired) electrons. The van der Waals surface area contributed by atoms with Crippen molar-refractivity contribution in [1.29, 1.82) is 0 Å². The summed E-state index contributed by atoms with van der Waals surface area (Å²) < 4.78 is 13.9. The fourth-order valence-corrected chi connectivity index (χ4v) is 2.86. The van der Waals surface area contributed by atoms with E-state index in [9.17, 15) is 9.18 Å². The molecule has 20 heavy (non-hydrogen) atoms. The van der Waals surface area contributed by atoms with Crippen molar-refractivity contribution in [2.45, 2.75) is 9.92 Å². The van der Waals surface area contributed by atoms with E-state index in [1.54, 1.807) is 6.07 Å². The lowest BCUT2D eigenvalue weighted by atomic mass is 10.2. The molecule has 0 aliphatic rings. The van der Waals surface area contributed by atoms with Gasteiger partial charge in [0.2, 0.25) is 0 Å². The molecule has 0 saturated heterocycles. The Morgan fingerprint density at radius 3 is 2.75 bits per heavy atom. The van der Waals surface area contributed by atoms with Gasteiger partial charge in [-0.25, -0.2) is 14.4 Å². The second-order valence-corrected chi connectivity index (χ2v) is 5.07. The molecular formula is C15H9FN2OS.